The minimum absolute atomic E-state index is 0.548. The number of carbonyl (C=O) groups excluding carboxylic acids is 1. The summed E-state index contributed by atoms with van der Waals surface area (Å²) >= 11 is 0. The molecule has 0 bridgehead atoms. The van der Waals surface area contributed by atoms with E-state index in [2.05, 4.69) is 0 Å². The van der Waals surface area contributed by atoms with Gasteiger partial charge in [-0.2, -0.15) is 5.26 Å². The largest absolute Gasteiger partial charge is 0.466 e. The molecule has 0 N–H and O–H groups in total. The minimum Gasteiger partial charge on any atom is -0.466 e. The highest BCUT2D eigenvalue weighted by Gasteiger charge is 2.47. The predicted octanol–water partition coefficient (Wildman–Crippen LogP) is 2.74. The van der Waals surface area contributed by atoms with E-state index in [1.165, 1.54) is 7.11 Å². The number of nitriles is 1. The van der Waals surface area contributed by atoms with Crippen molar-refractivity contribution in [2.45, 2.75) is 32.2 Å². The zero-order chi connectivity index (χ0) is 14.7. The monoisotopic (exact) mass is 277 g/mol. The van der Waals surface area contributed by atoms with E-state index < -0.39 is 19.9 Å². The van der Waals surface area contributed by atoms with Gasteiger partial charge in [0.2, 0.25) is 0 Å². The van der Waals surface area contributed by atoms with Crippen molar-refractivity contribution in [2.75, 3.05) is 7.11 Å². The Balaban J connectivity index is 3.47. The van der Waals surface area contributed by atoms with Crippen LogP contribution in [0.2, 0.25) is 19.6 Å². The molecule has 0 saturated heterocycles. The first kappa shape index (κ1) is 15.4. The highest BCUT2D eigenvalue weighted by Crippen LogP contribution is 2.32. The van der Waals surface area contributed by atoms with Gasteiger partial charge in [-0.1, -0.05) is 24.3 Å². The fraction of sp³-hybridized carbons (Fsp3) is 0.429. The highest BCUT2D eigenvalue weighted by molar-refractivity contribution is 6.70. The minimum atomic E-state index is -2.12. The smallest absolute Gasteiger partial charge is 0.357 e. The summed E-state index contributed by atoms with van der Waals surface area (Å²) in [5.74, 6) is -0.674. The Hall–Kier alpha value is -1.64. The first-order valence-electron chi connectivity index (χ1n) is 6.03. The molecule has 0 aliphatic carbocycles. The maximum absolute atomic E-state index is 12.1. The van der Waals surface area contributed by atoms with Gasteiger partial charge in [-0.3, -0.25) is 0 Å². The third kappa shape index (κ3) is 3.22. The van der Waals surface area contributed by atoms with Crippen molar-refractivity contribution in [3.05, 3.63) is 35.4 Å². The van der Waals surface area contributed by atoms with E-state index in [0.717, 1.165) is 5.56 Å². The van der Waals surface area contributed by atoms with Crippen LogP contribution in [0.4, 0.5) is 0 Å². The van der Waals surface area contributed by atoms with E-state index in [0.29, 0.717) is 5.56 Å². The zero-order valence-electron chi connectivity index (χ0n) is 12.0. The molecule has 0 amide bonds. The fourth-order valence-electron chi connectivity index (χ4n) is 1.91. The van der Waals surface area contributed by atoms with E-state index >= 15 is 0 Å². The molecule has 1 aromatic rings. The maximum atomic E-state index is 12.1. The number of rotatable bonds is 4. The second-order valence-electron chi connectivity index (χ2n) is 5.31. The molecule has 0 spiro atoms. The van der Waals surface area contributed by atoms with Crippen LogP contribution in [0.5, 0.6) is 0 Å². The summed E-state index contributed by atoms with van der Waals surface area (Å²) in [7, 11) is -0.858. The van der Waals surface area contributed by atoms with Crippen LogP contribution in [0.1, 0.15) is 11.1 Å². The molecule has 1 rings (SSSR count). The van der Waals surface area contributed by atoms with Crippen molar-refractivity contribution in [3.63, 3.8) is 0 Å². The molecule has 0 aliphatic rings. The van der Waals surface area contributed by atoms with Gasteiger partial charge in [0.1, 0.15) is 6.07 Å². The number of carbonyl (C=O) groups is 1. The quantitative estimate of drug-likeness (QED) is 0.627. The first-order chi connectivity index (χ1) is 8.77. The number of methoxy groups -OCH3 is 1. The van der Waals surface area contributed by atoms with E-state index in [-0.39, 0.29) is 0 Å². The van der Waals surface area contributed by atoms with Crippen molar-refractivity contribution in [1.82, 2.24) is 0 Å². The van der Waals surface area contributed by atoms with E-state index in [4.69, 9.17) is 9.16 Å². The Kier molecular flexibility index (Phi) is 4.50. The van der Waals surface area contributed by atoms with Gasteiger partial charge in [0.05, 0.1) is 7.11 Å². The maximum Gasteiger partial charge on any atom is 0.357 e. The number of esters is 1. The van der Waals surface area contributed by atoms with Crippen LogP contribution in [0.3, 0.4) is 0 Å². The van der Waals surface area contributed by atoms with Crippen LogP contribution in [0.15, 0.2) is 24.3 Å². The lowest BCUT2D eigenvalue weighted by Crippen LogP contribution is -2.46. The Bertz CT molecular complexity index is 516. The number of ether oxygens (including phenoxy) is 1. The number of hydrogen-bond donors (Lipinski definition) is 0. The van der Waals surface area contributed by atoms with Crippen LogP contribution in [0.25, 0.3) is 0 Å². The van der Waals surface area contributed by atoms with Gasteiger partial charge in [-0.25, -0.2) is 4.79 Å². The summed E-state index contributed by atoms with van der Waals surface area (Å²) < 4.78 is 10.7. The van der Waals surface area contributed by atoms with Crippen molar-refractivity contribution in [2.24, 2.45) is 0 Å². The molecular weight excluding hydrogens is 258 g/mol. The summed E-state index contributed by atoms with van der Waals surface area (Å²) in [6.07, 6.45) is 0. The lowest BCUT2D eigenvalue weighted by molar-refractivity contribution is -0.155. The molecule has 102 valence electrons. The Labute approximate surface area is 115 Å². The lowest BCUT2D eigenvalue weighted by Gasteiger charge is -2.32. The summed E-state index contributed by atoms with van der Waals surface area (Å²) in [5.41, 5.74) is -0.302. The van der Waals surface area contributed by atoms with Gasteiger partial charge in [0.25, 0.3) is 5.60 Å². The Morgan fingerprint density at radius 3 is 2.32 bits per heavy atom. The van der Waals surface area contributed by atoms with E-state index in [9.17, 15) is 10.1 Å². The van der Waals surface area contributed by atoms with Crippen LogP contribution in [-0.2, 0) is 19.6 Å². The Morgan fingerprint density at radius 1 is 1.32 bits per heavy atom. The molecule has 5 heteroatoms. The number of nitrogens with zero attached hydrogens (tertiary/aromatic N) is 1. The van der Waals surface area contributed by atoms with E-state index in [1.807, 2.05) is 44.8 Å². The predicted molar refractivity (Wildman–Crippen MR) is 74.9 cm³/mol. The van der Waals surface area contributed by atoms with Crippen LogP contribution in [-0.4, -0.2) is 21.4 Å². The number of hydrogen-bond acceptors (Lipinski definition) is 4. The number of aryl methyl sites for hydroxylation is 1. The highest BCUT2D eigenvalue weighted by atomic mass is 28.4. The van der Waals surface area contributed by atoms with Crippen molar-refractivity contribution < 1.29 is 14.0 Å². The topological polar surface area (TPSA) is 59.3 Å². The standard InChI is InChI=1S/C14H19NO3Si/c1-11-8-6-7-9-12(11)14(10-15,13(16)17-2)18-19(3,4)5/h6-9H,1-5H3. The van der Waals surface area contributed by atoms with Crippen molar-refractivity contribution in [3.8, 4) is 6.07 Å². The van der Waals surface area contributed by atoms with Crippen molar-refractivity contribution in [1.29, 1.82) is 5.26 Å². The van der Waals surface area contributed by atoms with Crippen LogP contribution in [0, 0.1) is 18.3 Å². The summed E-state index contributed by atoms with van der Waals surface area (Å²) in [5, 5.41) is 9.57. The molecule has 0 saturated carbocycles. The van der Waals surface area contributed by atoms with Gasteiger partial charge in [0, 0.05) is 5.56 Å². The molecule has 0 fully saturated rings. The van der Waals surface area contributed by atoms with Crippen LogP contribution < -0.4 is 0 Å². The summed E-state index contributed by atoms with van der Waals surface area (Å²) in [4.78, 5) is 12.1. The third-order valence-electron chi connectivity index (χ3n) is 2.61. The molecule has 4 nitrogen and oxygen atoms in total. The van der Waals surface area contributed by atoms with Gasteiger partial charge in [-0.05, 0) is 32.1 Å². The third-order valence-corrected chi connectivity index (χ3v) is 3.53. The molecule has 0 heterocycles. The second kappa shape index (κ2) is 5.55. The second-order valence-corrected chi connectivity index (χ2v) is 9.74. The molecule has 0 radical (unpaired) electrons. The normalized spacial score (nSPS) is 14.3. The molecule has 0 aromatic heterocycles. The average Bonchev–Trinajstić information content (AvgIpc) is 2.34. The summed E-state index contributed by atoms with van der Waals surface area (Å²) in [6, 6.07) is 9.23. The van der Waals surface area contributed by atoms with Gasteiger partial charge < -0.3 is 9.16 Å². The zero-order valence-corrected chi connectivity index (χ0v) is 13.0. The Morgan fingerprint density at radius 2 is 1.89 bits per heavy atom. The van der Waals surface area contributed by atoms with Gasteiger partial charge >= 0.3 is 5.97 Å². The molecule has 0 aliphatic heterocycles. The van der Waals surface area contributed by atoms with E-state index in [1.54, 1.807) is 12.1 Å². The molecule has 1 atom stereocenters. The summed E-state index contributed by atoms with van der Waals surface area (Å²) in [6.45, 7) is 7.64. The SMILES string of the molecule is COC(=O)C(C#N)(O[Si](C)(C)C)c1ccccc1C. The lowest BCUT2D eigenvalue weighted by atomic mass is 9.91. The van der Waals surface area contributed by atoms with Crippen molar-refractivity contribution >= 4 is 14.3 Å². The average molecular weight is 277 g/mol. The molecular formula is C14H19NO3Si. The number of benzene rings is 1. The molecule has 19 heavy (non-hydrogen) atoms. The fourth-order valence-corrected chi connectivity index (χ4v) is 3.06. The van der Waals surface area contributed by atoms with Gasteiger partial charge in [-0.15, -0.1) is 0 Å². The molecule has 1 aromatic carbocycles. The van der Waals surface area contributed by atoms with Crippen LogP contribution >= 0.6 is 0 Å². The van der Waals surface area contributed by atoms with Gasteiger partial charge in [0.15, 0.2) is 8.32 Å². The molecule has 1 unspecified atom stereocenters. The first-order valence-corrected chi connectivity index (χ1v) is 9.43.